The Balaban J connectivity index is 1.27. The highest BCUT2D eigenvalue weighted by Gasteiger charge is 2.74. The summed E-state index contributed by atoms with van der Waals surface area (Å²) in [6.45, 7) is 15.5. The summed E-state index contributed by atoms with van der Waals surface area (Å²) in [7, 11) is 0. The zero-order chi connectivity index (χ0) is 42.6. The van der Waals surface area contributed by atoms with Crippen LogP contribution in [0.2, 0.25) is 0 Å². The van der Waals surface area contributed by atoms with Gasteiger partial charge in [0.05, 0.1) is 30.5 Å². The Morgan fingerprint density at radius 3 is 2.12 bits per heavy atom. The van der Waals surface area contributed by atoms with Crippen molar-refractivity contribution in [2.45, 2.75) is 192 Å². The lowest BCUT2D eigenvalue weighted by Gasteiger charge is -2.65. The quantitative estimate of drug-likeness (QED) is 0.137. The van der Waals surface area contributed by atoms with E-state index in [2.05, 4.69) is 13.0 Å². The molecule has 5 fully saturated rings. The molecule has 0 spiro atoms. The summed E-state index contributed by atoms with van der Waals surface area (Å²) in [4.78, 5) is 28.5. The molecule has 57 heavy (non-hydrogen) atoms. The number of fused-ring (bicyclic) bond motifs is 5. The second-order valence-electron chi connectivity index (χ2n) is 20.3. The van der Waals surface area contributed by atoms with Crippen LogP contribution in [-0.2, 0) is 28.5 Å². The van der Waals surface area contributed by atoms with Crippen LogP contribution in [-0.4, -0.2) is 149 Å². The van der Waals surface area contributed by atoms with Crippen molar-refractivity contribution in [3.8, 4) is 0 Å². The fourth-order valence-corrected chi connectivity index (χ4v) is 12.3. The van der Waals surface area contributed by atoms with Gasteiger partial charge in [0.1, 0.15) is 54.1 Å². The van der Waals surface area contributed by atoms with Crippen molar-refractivity contribution < 1.29 is 74.5 Å². The summed E-state index contributed by atoms with van der Waals surface area (Å²) in [5.41, 5.74) is -5.15. The topological polar surface area (TPSA) is 253 Å². The summed E-state index contributed by atoms with van der Waals surface area (Å²) in [6, 6.07) is 0. The van der Waals surface area contributed by atoms with Crippen molar-refractivity contribution in [1.29, 1.82) is 0 Å². The Labute approximate surface area is 335 Å². The second kappa shape index (κ2) is 15.2. The first-order chi connectivity index (χ1) is 26.2. The summed E-state index contributed by atoms with van der Waals surface area (Å²) in [5.74, 6) is -1.79. The van der Waals surface area contributed by atoms with Gasteiger partial charge in [-0.05, 0) is 82.5 Å². The highest BCUT2D eigenvalue weighted by atomic mass is 16.8. The highest BCUT2D eigenvalue weighted by Crippen LogP contribution is 2.74. The lowest BCUT2D eigenvalue weighted by atomic mass is 9.38. The molecule has 9 N–H and O–H groups in total. The van der Waals surface area contributed by atoms with Gasteiger partial charge in [-0.2, -0.15) is 0 Å². The molecule has 0 bridgehead atoms. The SMILES string of the molecule is C[C@@H]1O[C@@H](O[C@H]2[C@H](O[C@@H]3CC[C@@H]4C(=CC[C@@H]5[C@@]4(C)C(=O)C[C@]4(C)[C@@H]([C@@](C)(O)C(=O)CCC(C)(C)O)[C@H](O)C[C@@]54C)C3(C)C)O[C@H](CO)[C@@H](O)[C@@H]2O)[C@H](O)[C@H](O)[C@H]1O. The monoisotopic (exact) mass is 812 g/mol. The molecule has 19 atom stereocenters. The van der Waals surface area contributed by atoms with Crippen molar-refractivity contribution in [1.82, 2.24) is 0 Å². The van der Waals surface area contributed by atoms with E-state index < -0.39 is 125 Å². The normalized spacial score (nSPS) is 49.6. The van der Waals surface area contributed by atoms with Crippen LogP contribution in [0.15, 0.2) is 11.6 Å². The zero-order valence-corrected chi connectivity index (χ0v) is 34.9. The molecule has 0 amide bonds. The molecular weight excluding hydrogens is 744 g/mol. The summed E-state index contributed by atoms with van der Waals surface area (Å²) >= 11 is 0. The number of allylic oxidation sites excluding steroid dienone is 1. The third-order valence-corrected chi connectivity index (χ3v) is 15.9. The van der Waals surface area contributed by atoms with E-state index in [1.807, 2.05) is 27.7 Å². The maximum Gasteiger partial charge on any atom is 0.187 e. The van der Waals surface area contributed by atoms with Gasteiger partial charge in [0.2, 0.25) is 0 Å². The number of aliphatic hydroxyl groups excluding tert-OH is 7. The Bertz CT molecular complexity index is 1560. The third kappa shape index (κ3) is 7.11. The Hall–Kier alpha value is -1.44. The third-order valence-electron chi connectivity index (χ3n) is 15.9. The first-order valence-electron chi connectivity index (χ1n) is 20.7. The molecule has 15 nitrogen and oxygen atoms in total. The van der Waals surface area contributed by atoms with Gasteiger partial charge >= 0.3 is 0 Å². The number of Topliss-reactive ketones (excluding diaryl/α,β-unsaturated/α-hetero) is 2. The number of aliphatic hydroxyl groups is 9. The minimum atomic E-state index is -1.93. The molecule has 6 rings (SSSR count). The predicted octanol–water partition coefficient (Wildman–Crippen LogP) is 0.650. The van der Waals surface area contributed by atoms with Gasteiger partial charge in [-0.1, -0.05) is 46.3 Å². The lowest BCUT2D eigenvalue weighted by molar-refractivity contribution is -0.372. The van der Waals surface area contributed by atoms with E-state index in [1.54, 1.807) is 13.8 Å². The number of hydrogen-bond donors (Lipinski definition) is 9. The Morgan fingerprint density at radius 1 is 0.860 bits per heavy atom. The van der Waals surface area contributed by atoms with Crippen LogP contribution in [0.1, 0.15) is 107 Å². The molecule has 4 aliphatic carbocycles. The maximum absolute atomic E-state index is 14.9. The molecule has 0 unspecified atom stereocenters. The molecule has 2 heterocycles. The van der Waals surface area contributed by atoms with Crippen LogP contribution >= 0.6 is 0 Å². The van der Waals surface area contributed by atoms with Crippen LogP contribution in [0, 0.1) is 39.4 Å². The average molecular weight is 813 g/mol. The van der Waals surface area contributed by atoms with E-state index in [4.69, 9.17) is 18.9 Å². The molecule has 0 aromatic rings. The smallest absolute Gasteiger partial charge is 0.187 e. The van der Waals surface area contributed by atoms with Crippen molar-refractivity contribution in [3.63, 3.8) is 0 Å². The average Bonchev–Trinajstić information content (AvgIpc) is 3.32. The van der Waals surface area contributed by atoms with Crippen LogP contribution < -0.4 is 0 Å². The maximum atomic E-state index is 14.9. The highest BCUT2D eigenvalue weighted by molar-refractivity contribution is 5.90. The van der Waals surface area contributed by atoms with Gasteiger partial charge in [-0.25, -0.2) is 0 Å². The summed E-state index contributed by atoms with van der Waals surface area (Å²) in [6.07, 6.45) is -12.1. The van der Waals surface area contributed by atoms with Gasteiger partial charge in [0.15, 0.2) is 18.4 Å². The molecular formula is C42H68O15. The van der Waals surface area contributed by atoms with Gasteiger partial charge < -0.3 is 64.9 Å². The summed E-state index contributed by atoms with van der Waals surface area (Å²) in [5, 5.41) is 97.3. The van der Waals surface area contributed by atoms with Gasteiger partial charge in [0, 0.05) is 29.6 Å². The van der Waals surface area contributed by atoms with Crippen molar-refractivity contribution >= 4 is 11.6 Å². The number of carbonyl (C=O) groups excluding carboxylic acids is 2. The molecule has 3 saturated carbocycles. The summed E-state index contributed by atoms with van der Waals surface area (Å²) < 4.78 is 24.2. The van der Waals surface area contributed by atoms with E-state index >= 15 is 0 Å². The van der Waals surface area contributed by atoms with E-state index in [0.717, 1.165) is 5.57 Å². The van der Waals surface area contributed by atoms with E-state index in [0.29, 0.717) is 25.7 Å². The number of rotatable bonds is 10. The van der Waals surface area contributed by atoms with E-state index in [9.17, 15) is 55.5 Å². The van der Waals surface area contributed by atoms with Crippen LogP contribution in [0.5, 0.6) is 0 Å². The number of ketones is 2. The Morgan fingerprint density at radius 2 is 1.51 bits per heavy atom. The van der Waals surface area contributed by atoms with Gasteiger partial charge in [-0.15, -0.1) is 0 Å². The van der Waals surface area contributed by atoms with E-state index in [-0.39, 0.29) is 36.9 Å². The van der Waals surface area contributed by atoms with Crippen LogP contribution in [0.25, 0.3) is 0 Å². The molecule has 326 valence electrons. The fraction of sp³-hybridized carbons (Fsp3) is 0.905. The Kier molecular flexibility index (Phi) is 12.0. The number of ether oxygens (including phenoxy) is 4. The van der Waals surface area contributed by atoms with E-state index in [1.165, 1.54) is 13.8 Å². The second-order valence-corrected chi connectivity index (χ2v) is 20.3. The minimum absolute atomic E-state index is 0.0108. The largest absolute Gasteiger partial charge is 0.394 e. The molecule has 2 saturated heterocycles. The molecule has 0 aromatic heterocycles. The number of hydrogen-bond acceptors (Lipinski definition) is 15. The zero-order valence-electron chi connectivity index (χ0n) is 34.9. The van der Waals surface area contributed by atoms with Crippen LogP contribution in [0.3, 0.4) is 0 Å². The van der Waals surface area contributed by atoms with Crippen molar-refractivity contribution in [2.75, 3.05) is 6.61 Å². The predicted molar refractivity (Wildman–Crippen MR) is 202 cm³/mol. The fourth-order valence-electron chi connectivity index (χ4n) is 12.3. The molecule has 0 radical (unpaired) electrons. The molecule has 15 heteroatoms. The molecule has 2 aliphatic heterocycles. The van der Waals surface area contributed by atoms with Crippen LogP contribution in [0.4, 0.5) is 0 Å². The van der Waals surface area contributed by atoms with Crippen molar-refractivity contribution in [2.24, 2.45) is 39.4 Å². The van der Waals surface area contributed by atoms with Gasteiger partial charge in [-0.3, -0.25) is 9.59 Å². The van der Waals surface area contributed by atoms with Gasteiger partial charge in [0.25, 0.3) is 0 Å². The molecule has 6 aliphatic rings. The molecule has 0 aromatic carbocycles. The number of carbonyl (C=O) groups is 2. The standard InChI is InChI=1S/C42H68O15/c1-19-28(47)30(49)32(51)35(54-19)57-33-31(50)29(48)23(18-43)55-36(33)56-27-13-11-21-20(38(27,4)5)10-12-24-39(6)16-22(44)34(40(39,7)17-26(46)41(21,24)8)42(9,53)25(45)14-15-37(2,3)52/h10,19,21-24,27-36,43-44,47-53H,11-18H2,1-9H3/t19-,21+,22+,23+,24-,27+,28-,29+,30+,31-,32+,33+,34-,35-,36-,39-,40+,41-,42-/m0/s1. The first kappa shape index (κ1) is 45.1. The lowest BCUT2D eigenvalue weighted by Crippen LogP contribution is -2.66. The van der Waals surface area contributed by atoms with Crippen molar-refractivity contribution in [3.05, 3.63) is 11.6 Å². The first-order valence-corrected chi connectivity index (χ1v) is 20.7. The minimum Gasteiger partial charge on any atom is -0.394 e.